The molecule has 90 valence electrons. The Morgan fingerprint density at radius 1 is 1.47 bits per heavy atom. The van der Waals surface area contributed by atoms with Crippen molar-refractivity contribution in [1.29, 1.82) is 0 Å². The third-order valence-corrected chi connectivity index (χ3v) is 2.55. The smallest absolute Gasteiger partial charge is 0.0558 e. The van der Waals surface area contributed by atoms with Gasteiger partial charge in [-0.2, -0.15) is 0 Å². The summed E-state index contributed by atoms with van der Waals surface area (Å²) in [6, 6.07) is 0.502. The van der Waals surface area contributed by atoms with Gasteiger partial charge in [-0.25, -0.2) is 0 Å². The third-order valence-electron chi connectivity index (χ3n) is 2.55. The van der Waals surface area contributed by atoms with Crippen LogP contribution in [-0.4, -0.2) is 48.8 Å². The number of nitrogens with one attached hydrogen (secondary N) is 1. The number of rotatable bonds is 10. The lowest BCUT2D eigenvalue weighted by Gasteiger charge is -2.29. The van der Waals surface area contributed by atoms with Crippen LogP contribution in [-0.2, 0) is 0 Å². The molecule has 0 heterocycles. The fraction of sp³-hybridized carbons (Fsp3) is 0.833. The topological polar surface area (TPSA) is 35.5 Å². The molecule has 0 aliphatic heterocycles. The first kappa shape index (κ1) is 14.6. The largest absolute Gasteiger partial charge is 0.395 e. The first-order valence-electron chi connectivity index (χ1n) is 5.96. The van der Waals surface area contributed by atoms with Crippen molar-refractivity contribution in [3.63, 3.8) is 0 Å². The monoisotopic (exact) mass is 214 g/mol. The summed E-state index contributed by atoms with van der Waals surface area (Å²) in [5.74, 6) is 0. The molecule has 0 aromatic rings. The van der Waals surface area contributed by atoms with Crippen LogP contribution < -0.4 is 5.32 Å². The highest BCUT2D eigenvalue weighted by molar-refractivity contribution is 4.80. The summed E-state index contributed by atoms with van der Waals surface area (Å²) in [6.45, 7) is 12.0. The summed E-state index contributed by atoms with van der Waals surface area (Å²) in [5, 5.41) is 12.4. The zero-order valence-corrected chi connectivity index (χ0v) is 10.2. The first-order chi connectivity index (χ1) is 7.29. The van der Waals surface area contributed by atoms with E-state index in [0.717, 1.165) is 39.0 Å². The molecule has 0 fully saturated rings. The molecule has 0 aliphatic carbocycles. The lowest BCUT2D eigenvalue weighted by atomic mass is 10.2. The average Bonchev–Trinajstić information content (AvgIpc) is 2.24. The molecule has 1 unspecified atom stereocenters. The Morgan fingerprint density at radius 2 is 2.20 bits per heavy atom. The van der Waals surface area contributed by atoms with Gasteiger partial charge in [0.05, 0.1) is 6.61 Å². The van der Waals surface area contributed by atoms with Gasteiger partial charge >= 0.3 is 0 Å². The molecule has 0 radical (unpaired) electrons. The molecule has 3 heteroatoms. The second kappa shape index (κ2) is 10.1. The van der Waals surface area contributed by atoms with Crippen LogP contribution in [0.3, 0.4) is 0 Å². The van der Waals surface area contributed by atoms with Crippen LogP contribution >= 0.6 is 0 Å². The molecule has 3 nitrogen and oxygen atoms in total. The molecule has 2 N–H and O–H groups in total. The van der Waals surface area contributed by atoms with E-state index in [-0.39, 0.29) is 6.61 Å². The van der Waals surface area contributed by atoms with E-state index < -0.39 is 0 Å². The van der Waals surface area contributed by atoms with Crippen LogP contribution in [0.1, 0.15) is 26.7 Å². The predicted molar refractivity (Wildman–Crippen MR) is 66.1 cm³/mol. The third kappa shape index (κ3) is 6.66. The van der Waals surface area contributed by atoms with Gasteiger partial charge < -0.3 is 10.4 Å². The lowest BCUT2D eigenvalue weighted by Crippen LogP contribution is -2.43. The van der Waals surface area contributed by atoms with Crippen LogP contribution in [0, 0.1) is 0 Å². The zero-order chi connectivity index (χ0) is 11.5. The second-order valence-corrected chi connectivity index (χ2v) is 3.77. The van der Waals surface area contributed by atoms with Crippen molar-refractivity contribution in [2.45, 2.75) is 32.7 Å². The van der Waals surface area contributed by atoms with E-state index in [9.17, 15) is 0 Å². The maximum Gasteiger partial charge on any atom is 0.0558 e. The summed E-state index contributed by atoms with van der Waals surface area (Å²) in [6.07, 6.45) is 4.17. The van der Waals surface area contributed by atoms with E-state index in [4.69, 9.17) is 5.11 Å². The van der Waals surface area contributed by atoms with Crippen molar-refractivity contribution in [1.82, 2.24) is 10.2 Å². The molecular weight excluding hydrogens is 188 g/mol. The van der Waals surface area contributed by atoms with Crippen LogP contribution in [0.25, 0.3) is 0 Å². The van der Waals surface area contributed by atoms with Crippen molar-refractivity contribution >= 4 is 0 Å². The minimum absolute atomic E-state index is 0.220. The standard InChI is InChI=1S/C12H26N2O/c1-4-7-13-11-12(6-3)14(8-5-2)9-10-15/h5,12-13,15H,2,4,6-11H2,1,3H3. The van der Waals surface area contributed by atoms with Gasteiger partial charge in [-0.05, 0) is 19.4 Å². The maximum absolute atomic E-state index is 8.98. The van der Waals surface area contributed by atoms with E-state index in [2.05, 4.69) is 30.6 Å². The Balaban J connectivity index is 3.99. The van der Waals surface area contributed by atoms with E-state index >= 15 is 0 Å². The zero-order valence-electron chi connectivity index (χ0n) is 10.2. The van der Waals surface area contributed by atoms with Gasteiger partial charge in [0, 0.05) is 25.7 Å². The van der Waals surface area contributed by atoms with Crippen molar-refractivity contribution in [3.8, 4) is 0 Å². The molecule has 15 heavy (non-hydrogen) atoms. The van der Waals surface area contributed by atoms with Gasteiger partial charge in [0.2, 0.25) is 0 Å². The van der Waals surface area contributed by atoms with E-state index in [1.807, 2.05) is 6.08 Å². The SMILES string of the molecule is C=CCN(CCO)C(CC)CNCCC. The number of aliphatic hydroxyl groups is 1. The Hall–Kier alpha value is -0.380. The molecule has 0 rings (SSSR count). The molecule has 0 aliphatic rings. The number of hydrogen-bond acceptors (Lipinski definition) is 3. The van der Waals surface area contributed by atoms with Gasteiger partial charge in [0.25, 0.3) is 0 Å². The Labute approximate surface area is 94.2 Å². The highest BCUT2D eigenvalue weighted by atomic mass is 16.3. The van der Waals surface area contributed by atoms with E-state index in [1.165, 1.54) is 0 Å². The van der Waals surface area contributed by atoms with Gasteiger partial charge in [-0.15, -0.1) is 6.58 Å². The minimum Gasteiger partial charge on any atom is -0.395 e. The Morgan fingerprint density at radius 3 is 2.67 bits per heavy atom. The fourth-order valence-electron chi connectivity index (χ4n) is 1.69. The molecule has 0 saturated heterocycles. The van der Waals surface area contributed by atoms with Crippen molar-refractivity contribution in [3.05, 3.63) is 12.7 Å². The van der Waals surface area contributed by atoms with Gasteiger partial charge in [0.15, 0.2) is 0 Å². The van der Waals surface area contributed by atoms with E-state index in [0.29, 0.717) is 6.04 Å². The van der Waals surface area contributed by atoms with Gasteiger partial charge in [0.1, 0.15) is 0 Å². The molecular formula is C12H26N2O. The molecule has 0 aromatic carbocycles. The van der Waals surface area contributed by atoms with E-state index in [1.54, 1.807) is 0 Å². The normalized spacial score (nSPS) is 13.1. The van der Waals surface area contributed by atoms with Crippen LogP contribution in [0.4, 0.5) is 0 Å². The average molecular weight is 214 g/mol. The van der Waals surface area contributed by atoms with Crippen LogP contribution in [0.2, 0.25) is 0 Å². The quantitative estimate of drug-likeness (QED) is 0.424. The van der Waals surface area contributed by atoms with Crippen LogP contribution in [0.5, 0.6) is 0 Å². The van der Waals surface area contributed by atoms with Gasteiger partial charge in [-0.3, -0.25) is 4.90 Å². The molecule has 0 saturated carbocycles. The number of hydrogen-bond donors (Lipinski definition) is 2. The summed E-state index contributed by atoms with van der Waals surface area (Å²) in [7, 11) is 0. The summed E-state index contributed by atoms with van der Waals surface area (Å²) >= 11 is 0. The predicted octanol–water partition coefficient (Wildman–Crippen LogP) is 1.24. The summed E-state index contributed by atoms with van der Waals surface area (Å²) < 4.78 is 0. The minimum atomic E-state index is 0.220. The lowest BCUT2D eigenvalue weighted by molar-refractivity contribution is 0.158. The van der Waals surface area contributed by atoms with Crippen molar-refractivity contribution in [2.75, 3.05) is 32.8 Å². The Kier molecular flexibility index (Phi) is 9.89. The van der Waals surface area contributed by atoms with Crippen molar-refractivity contribution < 1.29 is 5.11 Å². The highest BCUT2D eigenvalue weighted by Gasteiger charge is 2.13. The van der Waals surface area contributed by atoms with Gasteiger partial charge in [-0.1, -0.05) is 19.9 Å². The Bertz CT molecular complexity index is 151. The first-order valence-corrected chi connectivity index (χ1v) is 5.96. The fourth-order valence-corrected chi connectivity index (χ4v) is 1.69. The summed E-state index contributed by atoms with van der Waals surface area (Å²) in [5.41, 5.74) is 0. The van der Waals surface area contributed by atoms with Crippen LogP contribution in [0.15, 0.2) is 12.7 Å². The number of aliphatic hydroxyl groups excluding tert-OH is 1. The molecule has 0 bridgehead atoms. The summed E-state index contributed by atoms with van der Waals surface area (Å²) in [4.78, 5) is 2.27. The second-order valence-electron chi connectivity index (χ2n) is 3.77. The molecule has 1 atom stereocenters. The molecule has 0 amide bonds. The molecule has 0 spiro atoms. The van der Waals surface area contributed by atoms with Crippen molar-refractivity contribution in [2.24, 2.45) is 0 Å². The number of nitrogens with zero attached hydrogens (tertiary/aromatic N) is 1. The highest BCUT2D eigenvalue weighted by Crippen LogP contribution is 2.03. The maximum atomic E-state index is 8.98. The molecule has 0 aromatic heterocycles.